The zero-order valence-electron chi connectivity index (χ0n) is 9.85. The van der Waals surface area contributed by atoms with Gasteiger partial charge in [-0.25, -0.2) is 4.98 Å². The summed E-state index contributed by atoms with van der Waals surface area (Å²) in [6, 6.07) is 0.463. The third kappa shape index (κ3) is 2.94. The Balaban J connectivity index is 1.99. The molecular formula is C12H18N4O. The molecular weight excluding hydrogens is 216 g/mol. The normalized spacial score (nSPS) is 16.7. The molecule has 1 saturated heterocycles. The monoisotopic (exact) mass is 234 g/mol. The third-order valence-electron chi connectivity index (χ3n) is 2.97. The van der Waals surface area contributed by atoms with Gasteiger partial charge in [-0.2, -0.15) is 0 Å². The minimum atomic E-state index is -0.141. The summed E-state index contributed by atoms with van der Waals surface area (Å²) in [7, 11) is 0. The van der Waals surface area contributed by atoms with Gasteiger partial charge >= 0.3 is 0 Å². The van der Waals surface area contributed by atoms with Crippen LogP contribution in [0.2, 0.25) is 0 Å². The molecule has 2 heterocycles. The maximum atomic E-state index is 11.7. The first-order valence-corrected chi connectivity index (χ1v) is 5.94. The van der Waals surface area contributed by atoms with Crippen molar-refractivity contribution in [1.29, 1.82) is 0 Å². The number of nitrogens with zero attached hydrogens (tertiary/aromatic N) is 2. The Morgan fingerprint density at radius 1 is 1.65 bits per heavy atom. The minimum absolute atomic E-state index is 0.141. The summed E-state index contributed by atoms with van der Waals surface area (Å²) in [6.45, 7) is 6.09. The van der Waals surface area contributed by atoms with Crippen molar-refractivity contribution < 1.29 is 4.79 Å². The van der Waals surface area contributed by atoms with Crippen LogP contribution < -0.4 is 10.6 Å². The van der Waals surface area contributed by atoms with Crippen LogP contribution in [0.15, 0.2) is 25.2 Å². The van der Waals surface area contributed by atoms with E-state index in [1.54, 1.807) is 12.4 Å². The Bertz CT molecular complexity index is 393. The molecule has 0 aromatic carbocycles. The van der Waals surface area contributed by atoms with Crippen LogP contribution in [0, 0.1) is 0 Å². The zero-order valence-corrected chi connectivity index (χ0v) is 9.85. The summed E-state index contributed by atoms with van der Waals surface area (Å²) in [4.78, 5) is 15.8. The molecule has 1 aromatic rings. The molecule has 0 spiro atoms. The quantitative estimate of drug-likeness (QED) is 0.755. The van der Waals surface area contributed by atoms with E-state index in [1.165, 1.54) is 0 Å². The van der Waals surface area contributed by atoms with Crippen LogP contribution in [-0.4, -0.2) is 35.1 Å². The summed E-state index contributed by atoms with van der Waals surface area (Å²) in [5, 5.41) is 6.04. The molecule has 1 amide bonds. The molecule has 1 aromatic heterocycles. The molecule has 17 heavy (non-hydrogen) atoms. The second kappa shape index (κ2) is 5.63. The molecule has 0 radical (unpaired) electrons. The molecule has 1 aliphatic heterocycles. The molecule has 1 fully saturated rings. The van der Waals surface area contributed by atoms with Crippen molar-refractivity contribution in [3.8, 4) is 0 Å². The predicted molar refractivity (Wildman–Crippen MR) is 65.9 cm³/mol. The maximum Gasteiger partial charge on any atom is 0.271 e. The molecule has 0 saturated carbocycles. The molecule has 0 unspecified atom stereocenters. The summed E-state index contributed by atoms with van der Waals surface area (Å²) in [5.74, 6) is -0.141. The van der Waals surface area contributed by atoms with E-state index < -0.39 is 0 Å². The van der Waals surface area contributed by atoms with E-state index in [2.05, 4.69) is 22.2 Å². The van der Waals surface area contributed by atoms with Crippen LogP contribution >= 0.6 is 0 Å². The number of imidazole rings is 1. The molecule has 5 nitrogen and oxygen atoms in total. The summed E-state index contributed by atoms with van der Waals surface area (Å²) >= 11 is 0. The fraction of sp³-hybridized carbons (Fsp3) is 0.500. The van der Waals surface area contributed by atoms with Crippen LogP contribution in [0.25, 0.3) is 0 Å². The van der Waals surface area contributed by atoms with Crippen molar-refractivity contribution in [1.82, 2.24) is 20.2 Å². The van der Waals surface area contributed by atoms with E-state index in [0.29, 0.717) is 18.3 Å². The maximum absolute atomic E-state index is 11.7. The number of nitrogens with one attached hydrogen (secondary N) is 2. The Hall–Kier alpha value is -1.62. The Morgan fingerprint density at radius 3 is 3.12 bits per heavy atom. The SMILES string of the molecule is C=CCNC(=O)c1cn(C2CCNCC2)cn1. The number of hydrogen-bond acceptors (Lipinski definition) is 3. The minimum Gasteiger partial charge on any atom is -0.347 e. The van der Waals surface area contributed by atoms with E-state index in [9.17, 15) is 4.79 Å². The second-order valence-electron chi connectivity index (χ2n) is 4.19. The summed E-state index contributed by atoms with van der Waals surface area (Å²) in [5.41, 5.74) is 0.477. The number of carbonyl (C=O) groups excluding carboxylic acids is 1. The van der Waals surface area contributed by atoms with Gasteiger partial charge in [-0.15, -0.1) is 6.58 Å². The van der Waals surface area contributed by atoms with Crippen molar-refractivity contribution >= 4 is 5.91 Å². The molecule has 0 atom stereocenters. The number of carbonyl (C=O) groups is 1. The van der Waals surface area contributed by atoms with Crippen molar-refractivity contribution in [2.24, 2.45) is 0 Å². The van der Waals surface area contributed by atoms with Crippen molar-refractivity contribution in [2.75, 3.05) is 19.6 Å². The second-order valence-corrected chi connectivity index (χ2v) is 4.19. The number of amides is 1. The van der Waals surface area contributed by atoms with Crippen molar-refractivity contribution in [2.45, 2.75) is 18.9 Å². The number of piperidine rings is 1. The van der Waals surface area contributed by atoms with E-state index in [1.807, 2.05) is 10.8 Å². The van der Waals surface area contributed by atoms with Gasteiger partial charge < -0.3 is 15.2 Å². The molecule has 1 aliphatic rings. The fourth-order valence-electron chi connectivity index (χ4n) is 2.01. The number of aromatic nitrogens is 2. The van der Waals surface area contributed by atoms with Gasteiger partial charge in [-0.1, -0.05) is 6.08 Å². The topological polar surface area (TPSA) is 59.0 Å². The van der Waals surface area contributed by atoms with Gasteiger partial charge in [0, 0.05) is 18.8 Å². The lowest BCUT2D eigenvalue weighted by Crippen LogP contribution is -2.29. The number of rotatable bonds is 4. The Kier molecular flexibility index (Phi) is 3.93. The highest BCUT2D eigenvalue weighted by molar-refractivity contribution is 5.92. The van der Waals surface area contributed by atoms with Crippen LogP contribution in [0.1, 0.15) is 29.4 Å². The van der Waals surface area contributed by atoms with Crippen molar-refractivity contribution in [3.63, 3.8) is 0 Å². The van der Waals surface area contributed by atoms with Gasteiger partial charge in [-0.05, 0) is 25.9 Å². The average Bonchev–Trinajstić information content (AvgIpc) is 2.86. The van der Waals surface area contributed by atoms with Gasteiger partial charge in [0.1, 0.15) is 5.69 Å². The highest BCUT2D eigenvalue weighted by Crippen LogP contribution is 2.18. The van der Waals surface area contributed by atoms with Gasteiger partial charge in [-0.3, -0.25) is 4.79 Å². The predicted octanol–water partition coefficient (Wildman–Crippen LogP) is 0.723. The Labute approximate surface area is 101 Å². The lowest BCUT2D eigenvalue weighted by molar-refractivity contribution is 0.0953. The lowest BCUT2D eigenvalue weighted by atomic mass is 10.1. The summed E-state index contributed by atoms with van der Waals surface area (Å²) < 4.78 is 2.05. The molecule has 0 aliphatic carbocycles. The largest absolute Gasteiger partial charge is 0.347 e. The summed E-state index contributed by atoms with van der Waals surface area (Å²) in [6.07, 6.45) is 7.41. The molecule has 2 rings (SSSR count). The van der Waals surface area contributed by atoms with E-state index in [-0.39, 0.29) is 5.91 Å². The first-order valence-electron chi connectivity index (χ1n) is 5.94. The van der Waals surface area contributed by atoms with Gasteiger partial charge in [0.25, 0.3) is 5.91 Å². The highest BCUT2D eigenvalue weighted by Gasteiger charge is 2.16. The molecule has 2 N–H and O–H groups in total. The first kappa shape index (κ1) is 11.9. The molecule has 5 heteroatoms. The van der Waals surface area contributed by atoms with Crippen molar-refractivity contribution in [3.05, 3.63) is 30.9 Å². The van der Waals surface area contributed by atoms with E-state index in [4.69, 9.17) is 0 Å². The van der Waals surface area contributed by atoms with Gasteiger partial charge in [0.2, 0.25) is 0 Å². The molecule has 0 bridgehead atoms. The smallest absolute Gasteiger partial charge is 0.271 e. The standard InChI is InChI=1S/C12H18N4O/c1-2-5-14-12(17)11-8-16(9-15-11)10-3-6-13-7-4-10/h2,8-10,13H,1,3-7H2,(H,14,17). The van der Waals surface area contributed by atoms with E-state index >= 15 is 0 Å². The van der Waals surface area contributed by atoms with Crippen LogP contribution in [0.3, 0.4) is 0 Å². The Morgan fingerprint density at radius 2 is 2.41 bits per heavy atom. The molecule has 92 valence electrons. The lowest BCUT2D eigenvalue weighted by Gasteiger charge is -2.23. The third-order valence-corrected chi connectivity index (χ3v) is 2.97. The van der Waals surface area contributed by atoms with Crippen LogP contribution in [-0.2, 0) is 0 Å². The van der Waals surface area contributed by atoms with E-state index in [0.717, 1.165) is 25.9 Å². The van der Waals surface area contributed by atoms with Crippen LogP contribution in [0.5, 0.6) is 0 Å². The average molecular weight is 234 g/mol. The van der Waals surface area contributed by atoms with Crippen LogP contribution in [0.4, 0.5) is 0 Å². The van der Waals surface area contributed by atoms with Gasteiger partial charge in [0.05, 0.1) is 6.33 Å². The fourth-order valence-corrected chi connectivity index (χ4v) is 2.01. The zero-order chi connectivity index (χ0) is 12.1. The number of hydrogen-bond donors (Lipinski definition) is 2. The first-order chi connectivity index (χ1) is 8.31. The highest BCUT2D eigenvalue weighted by atomic mass is 16.1. The van der Waals surface area contributed by atoms with Gasteiger partial charge in [0.15, 0.2) is 0 Å².